The molecule has 3 amide bonds. The fourth-order valence-electron chi connectivity index (χ4n) is 0.717. The van der Waals surface area contributed by atoms with Gasteiger partial charge in [-0.15, -0.1) is 0 Å². The SMILES string of the molecule is O=C1C=CC(=O)N1C(=O)CO. The molecule has 5 nitrogen and oxygen atoms in total. The highest BCUT2D eigenvalue weighted by Crippen LogP contribution is 2.02. The molecule has 0 fully saturated rings. The van der Waals surface area contributed by atoms with Crippen LogP contribution >= 0.6 is 0 Å². The molecule has 0 atom stereocenters. The van der Waals surface area contributed by atoms with Crippen LogP contribution in [0.5, 0.6) is 0 Å². The first-order valence-electron chi connectivity index (χ1n) is 2.86. The topological polar surface area (TPSA) is 74.7 Å². The highest BCUT2D eigenvalue weighted by atomic mass is 16.3. The summed E-state index contributed by atoms with van der Waals surface area (Å²) < 4.78 is 0. The summed E-state index contributed by atoms with van der Waals surface area (Å²) in [5.41, 5.74) is 0. The molecular weight excluding hydrogens is 150 g/mol. The number of imide groups is 3. The lowest BCUT2D eigenvalue weighted by molar-refractivity contribution is -0.149. The van der Waals surface area contributed by atoms with E-state index in [9.17, 15) is 14.4 Å². The molecule has 0 aliphatic carbocycles. The fraction of sp³-hybridized carbons (Fsp3) is 0.167. The van der Waals surface area contributed by atoms with Gasteiger partial charge in [-0.2, -0.15) is 0 Å². The molecule has 1 aliphatic heterocycles. The van der Waals surface area contributed by atoms with Crippen LogP contribution in [0.4, 0.5) is 0 Å². The van der Waals surface area contributed by atoms with E-state index in [0.29, 0.717) is 4.90 Å². The van der Waals surface area contributed by atoms with Crippen LogP contribution < -0.4 is 0 Å². The lowest BCUT2D eigenvalue weighted by Crippen LogP contribution is -2.38. The molecule has 0 aromatic rings. The van der Waals surface area contributed by atoms with Crippen molar-refractivity contribution < 1.29 is 19.5 Å². The van der Waals surface area contributed by atoms with E-state index in [1.165, 1.54) is 0 Å². The number of aliphatic hydroxyl groups is 1. The van der Waals surface area contributed by atoms with Crippen LogP contribution in [-0.4, -0.2) is 34.3 Å². The van der Waals surface area contributed by atoms with E-state index in [1.807, 2.05) is 0 Å². The Kier molecular flexibility index (Phi) is 1.82. The Balaban J connectivity index is 2.82. The molecular formula is C6H5NO4. The highest BCUT2D eigenvalue weighted by molar-refractivity contribution is 6.22. The van der Waals surface area contributed by atoms with Crippen molar-refractivity contribution in [3.63, 3.8) is 0 Å². The minimum absolute atomic E-state index is 0.389. The van der Waals surface area contributed by atoms with Crippen LogP contribution in [0.2, 0.25) is 0 Å². The molecule has 0 bridgehead atoms. The molecule has 0 saturated heterocycles. The number of nitrogens with zero attached hydrogens (tertiary/aromatic N) is 1. The molecule has 1 N–H and O–H groups in total. The minimum Gasteiger partial charge on any atom is -0.386 e. The third-order valence-corrected chi connectivity index (χ3v) is 1.19. The second kappa shape index (κ2) is 2.63. The predicted octanol–water partition coefficient (Wildman–Crippen LogP) is -1.57. The van der Waals surface area contributed by atoms with Gasteiger partial charge in [-0.25, -0.2) is 4.90 Å². The molecule has 58 valence electrons. The van der Waals surface area contributed by atoms with E-state index < -0.39 is 24.3 Å². The maximum atomic E-state index is 10.7. The smallest absolute Gasteiger partial charge is 0.262 e. The van der Waals surface area contributed by atoms with Gasteiger partial charge < -0.3 is 5.11 Å². The van der Waals surface area contributed by atoms with E-state index in [1.54, 1.807) is 0 Å². The van der Waals surface area contributed by atoms with Gasteiger partial charge in [-0.05, 0) is 0 Å². The van der Waals surface area contributed by atoms with Crippen LogP contribution in [0, 0.1) is 0 Å². The molecule has 0 unspecified atom stereocenters. The monoisotopic (exact) mass is 155 g/mol. The van der Waals surface area contributed by atoms with Crippen LogP contribution in [0.1, 0.15) is 0 Å². The minimum atomic E-state index is -0.898. The summed E-state index contributed by atoms with van der Waals surface area (Å²) in [6.45, 7) is -0.834. The van der Waals surface area contributed by atoms with Crippen molar-refractivity contribution in [2.45, 2.75) is 0 Å². The third-order valence-electron chi connectivity index (χ3n) is 1.19. The average Bonchev–Trinajstić information content (AvgIpc) is 2.30. The van der Waals surface area contributed by atoms with Crippen molar-refractivity contribution in [1.82, 2.24) is 4.90 Å². The van der Waals surface area contributed by atoms with E-state index in [0.717, 1.165) is 12.2 Å². The number of amides is 3. The number of carbonyl (C=O) groups is 3. The van der Waals surface area contributed by atoms with Gasteiger partial charge in [0.1, 0.15) is 6.61 Å². The molecule has 0 saturated carbocycles. The quantitative estimate of drug-likeness (QED) is 0.464. The Morgan fingerprint density at radius 3 is 2.18 bits per heavy atom. The standard InChI is InChI=1S/C6H5NO4/c8-3-6(11)7-4(9)1-2-5(7)10/h1-2,8H,3H2. The summed E-state index contributed by atoms with van der Waals surface area (Å²) in [4.78, 5) is 32.4. The summed E-state index contributed by atoms with van der Waals surface area (Å²) in [6, 6.07) is 0. The summed E-state index contributed by atoms with van der Waals surface area (Å²) >= 11 is 0. The molecule has 5 heteroatoms. The summed E-state index contributed by atoms with van der Waals surface area (Å²) in [6.07, 6.45) is 1.96. The first-order valence-corrected chi connectivity index (χ1v) is 2.86. The highest BCUT2D eigenvalue weighted by Gasteiger charge is 2.28. The zero-order valence-corrected chi connectivity index (χ0v) is 5.48. The maximum absolute atomic E-state index is 10.7. The number of hydrogen-bond donors (Lipinski definition) is 1. The van der Waals surface area contributed by atoms with Gasteiger partial charge in [-0.1, -0.05) is 0 Å². The Bertz CT molecular complexity index is 237. The Morgan fingerprint density at radius 2 is 1.82 bits per heavy atom. The van der Waals surface area contributed by atoms with E-state index in [2.05, 4.69) is 0 Å². The molecule has 0 spiro atoms. The van der Waals surface area contributed by atoms with Crippen LogP contribution in [0.3, 0.4) is 0 Å². The van der Waals surface area contributed by atoms with E-state index in [4.69, 9.17) is 5.11 Å². The number of rotatable bonds is 1. The molecule has 0 radical (unpaired) electrons. The van der Waals surface area contributed by atoms with Crippen LogP contribution in [-0.2, 0) is 14.4 Å². The Labute approximate surface area is 61.9 Å². The molecule has 1 aliphatic rings. The zero-order chi connectivity index (χ0) is 8.43. The van der Waals surface area contributed by atoms with E-state index in [-0.39, 0.29) is 0 Å². The van der Waals surface area contributed by atoms with Crippen molar-refractivity contribution >= 4 is 17.7 Å². The number of hydrogen-bond acceptors (Lipinski definition) is 4. The van der Waals surface area contributed by atoms with Crippen molar-refractivity contribution in [1.29, 1.82) is 0 Å². The summed E-state index contributed by atoms with van der Waals surface area (Å²) in [7, 11) is 0. The largest absolute Gasteiger partial charge is 0.386 e. The van der Waals surface area contributed by atoms with Crippen LogP contribution in [0.15, 0.2) is 12.2 Å². The lowest BCUT2D eigenvalue weighted by Gasteiger charge is -2.08. The predicted molar refractivity (Wildman–Crippen MR) is 33.1 cm³/mol. The van der Waals surface area contributed by atoms with Crippen molar-refractivity contribution in [3.8, 4) is 0 Å². The van der Waals surface area contributed by atoms with Crippen LogP contribution in [0.25, 0.3) is 0 Å². The van der Waals surface area contributed by atoms with Crippen molar-refractivity contribution in [2.75, 3.05) is 6.61 Å². The molecule has 11 heavy (non-hydrogen) atoms. The lowest BCUT2D eigenvalue weighted by atomic mass is 10.5. The van der Waals surface area contributed by atoms with Gasteiger partial charge in [-0.3, -0.25) is 14.4 Å². The molecule has 1 heterocycles. The summed E-state index contributed by atoms with van der Waals surface area (Å²) in [5.74, 6) is -2.30. The fourth-order valence-corrected chi connectivity index (χ4v) is 0.717. The Hall–Kier alpha value is -1.49. The molecule has 0 aromatic carbocycles. The van der Waals surface area contributed by atoms with Gasteiger partial charge in [0.05, 0.1) is 0 Å². The van der Waals surface area contributed by atoms with Crippen molar-refractivity contribution in [3.05, 3.63) is 12.2 Å². The molecule has 1 rings (SSSR count). The maximum Gasteiger partial charge on any atom is 0.262 e. The first kappa shape index (κ1) is 7.62. The van der Waals surface area contributed by atoms with Gasteiger partial charge >= 0.3 is 0 Å². The summed E-state index contributed by atoms with van der Waals surface area (Å²) in [5, 5.41) is 8.31. The molecule has 0 aromatic heterocycles. The normalized spacial score (nSPS) is 16.3. The first-order chi connectivity index (χ1) is 5.16. The van der Waals surface area contributed by atoms with Gasteiger partial charge in [0, 0.05) is 12.2 Å². The number of carbonyl (C=O) groups excluding carboxylic acids is 3. The van der Waals surface area contributed by atoms with Gasteiger partial charge in [0.25, 0.3) is 17.7 Å². The second-order valence-electron chi connectivity index (χ2n) is 1.90. The average molecular weight is 155 g/mol. The second-order valence-corrected chi connectivity index (χ2v) is 1.90. The number of aliphatic hydroxyl groups excluding tert-OH is 1. The van der Waals surface area contributed by atoms with Crippen molar-refractivity contribution in [2.24, 2.45) is 0 Å². The van der Waals surface area contributed by atoms with Gasteiger partial charge in [0.2, 0.25) is 0 Å². The zero-order valence-electron chi connectivity index (χ0n) is 5.48. The third kappa shape index (κ3) is 1.18. The van der Waals surface area contributed by atoms with Gasteiger partial charge in [0.15, 0.2) is 0 Å². The Morgan fingerprint density at radius 1 is 1.36 bits per heavy atom. The van der Waals surface area contributed by atoms with E-state index >= 15 is 0 Å².